The van der Waals surface area contributed by atoms with E-state index in [1.165, 1.54) is 28.6 Å². The number of hydrogen-bond acceptors (Lipinski definition) is 6. The van der Waals surface area contributed by atoms with Gasteiger partial charge in [-0.05, 0) is 48.7 Å². The fraction of sp³-hybridized carbons (Fsp3) is 0.400. The van der Waals surface area contributed by atoms with Gasteiger partial charge in [0.05, 0.1) is 13.2 Å². The quantitative estimate of drug-likeness (QED) is 0.530. The number of nitrogens with zero attached hydrogens (tertiary/aromatic N) is 1. The molecule has 2 fully saturated rings. The molecule has 0 saturated carbocycles. The van der Waals surface area contributed by atoms with E-state index in [0.717, 1.165) is 24.2 Å². The van der Waals surface area contributed by atoms with E-state index in [0.29, 0.717) is 31.4 Å². The predicted octanol–water partition coefficient (Wildman–Crippen LogP) is 3.60. The number of carbonyl (C=O) groups is 1. The van der Waals surface area contributed by atoms with Gasteiger partial charge in [0.1, 0.15) is 29.3 Å². The number of ether oxygens (including phenoxy) is 2. The Morgan fingerprint density at radius 2 is 1.94 bits per heavy atom. The Kier molecular flexibility index (Phi) is 6.77. The number of fused-ring (bicyclic) bond motifs is 1. The average Bonchev–Trinajstić information content (AvgIpc) is 3.51. The standard InChI is InChI=1S/C25H27FN2O6S/c26-19-6-7-23-18(14-19)15-24(34-23)35(30,31)28-10-2-5-22(28)25(29)27-16-17-3-1-4-21(13-17)33-20-8-11-32-12-9-20/h1,3-4,6-7,13-15,20,22H,2,5,8-12,16H2,(H,27,29)/t22-/m0/s1. The van der Waals surface area contributed by atoms with Crippen molar-refractivity contribution in [3.8, 4) is 5.75 Å². The van der Waals surface area contributed by atoms with Crippen LogP contribution in [-0.2, 0) is 26.1 Å². The summed E-state index contributed by atoms with van der Waals surface area (Å²) in [6, 6.07) is 11.8. The van der Waals surface area contributed by atoms with Crippen molar-refractivity contribution in [2.45, 2.75) is 49.5 Å². The first-order chi connectivity index (χ1) is 16.9. The van der Waals surface area contributed by atoms with Crippen LogP contribution in [0.5, 0.6) is 5.75 Å². The molecule has 1 N–H and O–H groups in total. The molecule has 1 aromatic heterocycles. The normalized spacial score (nSPS) is 19.7. The van der Waals surface area contributed by atoms with Gasteiger partial charge in [-0.15, -0.1) is 0 Å². The minimum atomic E-state index is -4.06. The van der Waals surface area contributed by atoms with Crippen molar-refractivity contribution < 1.29 is 31.5 Å². The maximum absolute atomic E-state index is 13.5. The maximum atomic E-state index is 13.5. The van der Waals surface area contributed by atoms with Gasteiger partial charge in [0.15, 0.2) is 0 Å². The molecule has 10 heteroatoms. The average molecular weight is 503 g/mol. The Labute approximate surface area is 203 Å². The van der Waals surface area contributed by atoms with Gasteiger partial charge in [0.2, 0.25) is 11.0 Å². The molecule has 0 aliphatic carbocycles. The molecule has 1 atom stereocenters. The lowest BCUT2D eigenvalue weighted by Gasteiger charge is -2.24. The largest absolute Gasteiger partial charge is 0.490 e. The van der Waals surface area contributed by atoms with Gasteiger partial charge in [-0.25, -0.2) is 12.8 Å². The third kappa shape index (κ3) is 5.19. The lowest BCUT2D eigenvalue weighted by Crippen LogP contribution is -2.45. The van der Waals surface area contributed by atoms with Gasteiger partial charge < -0.3 is 19.2 Å². The zero-order valence-corrected chi connectivity index (χ0v) is 19.9. The number of nitrogens with one attached hydrogen (secondary N) is 1. The minimum absolute atomic E-state index is 0.112. The molecule has 2 saturated heterocycles. The topological polar surface area (TPSA) is 98.1 Å². The zero-order valence-electron chi connectivity index (χ0n) is 19.1. The number of furan rings is 1. The monoisotopic (exact) mass is 502 g/mol. The number of halogens is 1. The molecular weight excluding hydrogens is 475 g/mol. The molecule has 3 heterocycles. The number of sulfonamides is 1. The van der Waals surface area contributed by atoms with E-state index in [1.54, 1.807) is 0 Å². The van der Waals surface area contributed by atoms with Crippen molar-refractivity contribution in [2.75, 3.05) is 19.8 Å². The molecule has 0 radical (unpaired) electrons. The highest BCUT2D eigenvalue weighted by Gasteiger charge is 2.41. The third-order valence-corrected chi connectivity index (χ3v) is 8.13. The van der Waals surface area contributed by atoms with Gasteiger partial charge >= 0.3 is 0 Å². The number of carbonyl (C=O) groups excluding carboxylic acids is 1. The Bertz CT molecular complexity index is 1320. The lowest BCUT2D eigenvalue weighted by atomic mass is 10.1. The second kappa shape index (κ2) is 9.96. The van der Waals surface area contributed by atoms with E-state index in [-0.39, 0.29) is 35.8 Å². The molecule has 5 rings (SSSR count). The molecule has 3 aromatic rings. The summed E-state index contributed by atoms with van der Waals surface area (Å²) in [6.45, 7) is 1.83. The van der Waals surface area contributed by atoms with Gasteiger partial charge in [-0.3, -0.25) is 4.79 Å². The van der Waals surface area contributed by atoms with Gasteiger partial charge in [-0.1, -0.05) is 12.1 Å². The van der Waals surface area contributed by atoms with Crippen molar-refractivity contribution in [3.05, 3.63) is 59.9 Å². The summed E-state index contributed by atoms with van der Waals surface area (Å²) in [5.74, 6) is -0.123. The molecule has 186 valence electrons. The Balaban J connectivity index is 1.25. The smallest absolute Gasteiger partial charge is 0.277 e. The third-order valence-electron chi connectivity index (χ3n) is 6.36. The van der Waals surface area contributed by atoms with Crippen LogP contribution < -0.4 is 10.1 Å². The number of amides is 1. The van der Waals surface area contributed by atoms with Crippen molar-refractivity contribution in [1.82, 2.24) is 9.62 Å². The fourth-order valence-corrected chi connectivity index (χ4v) is 6.15. The molecule has 2 aromatic carbocycles. The highest BCUT2D eigenvalue weighted by Crippen LogP contribution is 2.30. The molecular formula is C25H27FN2O6S. The summed E-state index contributed by atoms with van der Waals surface area (Å²) in [6.07, 6.45) is 2.76. The van der Waals surface area contributed by atoms with Gasteiger partial charge in [-0.2, -0.15) is 4.31 Å². The van der Waals surface area contributed by atoms with Gasteiger partial charge in [0.25, 0.3) is 10.0 Å². The molecule has 2 aliphatic heterocycles. The first kappa shape index (κ1) is 23.8. The van der Waals surface area contributed by atoms with Crippen molar-refractivity contribution in [2.24, 2.45) is 0 Å². The first-order valence-corrected chi connectivity index (χ1v) is 13.2. The van der Waals surface area contributed by atoms with Crippen LogP contribution >= 0.6 is 0 Å². The van der Waals surface area contributed by atoms with E-state index >= 15 is 0 Å². The minimum Gasteiger partial charge on any atom is -0.490 e. The van der Waals surface area contributed by atoms with Crippen LogP contribution in [0.25, 0.3) is 11.0 Å². The van der Waals surface area contributed by atoms with Crippen LogP contribution in [0.2, 0.25) is 0 Å². The SMILES string of the molecule is O=C(NCc1cccc(OC2CCOCC2)c1)[C@@H]1CCCN1S(=O)(=O)c1cc2cc(F)ccc2o1. The number of benzene rings is 2. The Morgan fingerprint density at radius 1 is 1.11 bits per heavy atom. The van der Waals surface area contributed by atoms with Crippen LogP contribution in [0.3, 0.4) is 0 Å². The van der Waals surface area contributed by atoms with Crippen LogP contribution in [0.1, 0.15) is 31.2 Å². The molecule has 8 nitrogen and oxygen atoms in total. The van der Waals surface area contributed by atoms with Crippen LogP contribution in [-0.4, -0.2) is 50.5 Å². The van der Waals surface area contributed by atoms with Crippen molar-refractivity contribution in [1.29, 1.82) is 0 Å². The Hall–Kier alpha value is -2.95. The summed E-state index contributed by atoms with van der Waals surface area (Å²) >= 11 is 0. The number of rotatable bonds is 7. The Morgan fingerprint density at radius 3 is 2.77 bits per heavy atom. The lowest BCUT2D eigenvalue weighted by molar-refractivity contribution is -0.124. The number of hydrogen-bond donors (Lipinski definition) is 1. The second-order valence-corrected chi connectivity index (χ2v) is 10.6. The zero-order chi connectivity index (χ0) is 24.4. The van der Waals surface area contributed by atoms with Crippen LogP contribution in [0.4, 0.5) is 4.39 Å². The van der Waals surface area contributed by atoms with E-state index in [9.17, 15) is 17.6 Å². The summed E-state index contributed by atoms with van der Waals surface area (Å²) in [4.78, 5) is 13.0. The van der Waals surface area contributed by atoms with Crippen LogP contribution in [0.15, 0.2) is 58.0 Å². The molecule has 35 heavy (non-hydrogen) atoms. The highest BCUT2D eigenvalue weighted by atomic mass is 32.2. The van der Waals surface area contributed by atoms with Gasteiger partial charge in [0, 0.05) is 37.4 Å². The maximum Gasteiger partial charge on any atom is 0.277 e. The fourth-order valence-electron chi connectivity index (χ4n) is 4.54. The second-order valence-electron chi connectivity index (χ2n) is 8.82. The predicted molar refractivity (Wildman–Crippen MR) is 126 cm³/mol. The van der Waals surface area contributed by atoms with Crippen LogP contribution in [0, 0.1) is 5.82 Å². The molecule has 2 aliphatic rings. The van der Waals surface area contributed by atoms with E-state index < -0.39 is 21.9 Å². The van der Waals surface area contributed by atoms with E-state index in [1.807, 2.05) is 24.3 Å². The molecule has 0 bridgehead atoms. The summed E-state index contributed by atoms with van der Waals surface area (Å²) in [5.41, 5.74) is 1.13. The molecule has 0 unspecified atom stereocenters. The summed E-state index contributed by atoms with van der Waals surface area (Å²) in [5, 5.41) is 2.92. The van der Waals surface area contributed by atoms with Crippen molar-refractivity contribution >= 4 is 26.9 Å². The highest BCUT2D eigenvalue weighted by molar-refractivity contribution is 7.89. The van der Waals surface area contributed by atoms with Crippen molar-refractivity contribution in [3.63, 3.8) is 0 Å². The van der Waals surface area contributed by atoms with E-state index in [4.69, 9.17) is 13.9 Å². The summed E-state index contributed by atoms with van der Waals surface area (Å²) in [7, 11) is -4.06. The molecule has 0 spiro atoms. The molecule has 1 amide bonds. The van der Waals surface area contributed by atoms with E-state index in [2.05, 4.69) is 5.32 Å². The first-order valence-electron chi connectivity index (χ1n) is 11.7. The summed E-state index contributed by atoms with van der Waals surface area (Å²) < 4.78 is 58.0.